The lowest BCUT2D eigenvalue weighted by atomic mass is 10.1. The van der Waals surface area contributed by atoms with Gasteiger partial charge in [-0.2, -0.15) is 0 Å². The van der Waals surface area contributed by atoms with Crippen LogP contribution in [0.3, 0.4) is 0 Å². The summed E-state index contributed by atoms with van der Waals surface area (Å²) in [5.41, 5.74) is 1.87. The quantitative estimate of drug-likeness (QED) is 0.754. The maximum absolute atomic E-state index is 11.9. The molecule has 3 rings (SSSR count). The first kappa shape index (κ1) is 14.0. The maximum Gasteiger partial charge on any atom is 0.338 e. The number of esters is 1. The molecule has 1 heterocycles. The largest absolute Gasteiger partial charge is 0.454 e. The van der Waals surface area contributed by atoms with Gasteiger partial charge in [-0.25, -0.2) is 9.78 Å². The van der Waals surface area contributed by atoms with Crippen LogP contribution < -0.4 is 5.56 Å². The van der Waals surface area contributed by atoms with Crippen LogP contribution in [0.25, 0.3) is 10.9 Å². The second-order valence-corrected chi connectivity index (χ2v) is 4.97. The van der Waals surface area contributed by atoms with Crippen molar-refractivity contribution in [3.63, 3.8) is 0 Å². The van der Waals surface area contributed by atoms with Gasteiger partial charge in [-0.3, -0.25) is 4.79 Å². The Morgan fingerprint density at radius 2 is 1.86 bits per heavy atom. The molecule has 0 atom stereocenters. The number of para-hydroxylation sites is 1. The highest BCUT2D eigenvalue weighted by atomic mass is 16.5. The minimum Gasteiger partial charge on any atom is -0.454 e. The second kappa shape index (κ2) is 5.81. The number of ether oxygens (including phenoxy) is 1. The Hall–Kier alpha value is -2.95. The third-order valence-electron chi connectivity index (χ3n) is 3.29. The lowest BCUT2D eigenvalue weighted by Gasteiger charge is -2.05. The summed E-state index contributed by atoms with van der Waals surface area (Å²) >= 11 is 0. The molecule has 2 aromatic carbocycles. The summed E-state index contributed by atoms with van der Waals surface area (Å²) in [4.78, 5) is 30.8. The molecule has 0 radical (unpaired) electrons. The standard InChI is InChI=1S/C17H14N2O3/c1-11-6-8-12(9-7-11)17(21)22-10-15-18-14-5-3-2-4-13(14)16(20)19-15/h2-9H,10H2,1H3,(H,18,19,20). The van der Waals surface area contributed by atoms with Gasteiger partial charge in [0.1, 0.15) is 12.4 Å². The van der Waals surface area contributed by atoms with E-state index in [-0.39, 0.29) is 12.2 Å². The van der Waals surface area contributed by atoms with Gasteiger partial charge in [-0.1, -0.05) is 29.8 Å². The van der Waals surface area contributed by atoms with Crippen molar-refractivity contribution in [3.05, 3.63) is 75.8 Å². The van der Waals surface area contributed by atoms with E-state index >= 15 is 0 Å². The van der Waals surface area contributed by atoms with Crippen molar-refractivity contribution in [1.82, 2.24) is 9.97 Å². The van der Waals surface area contributed by atoms with Gasteiger partial charge in [-0.15, -0.1) is 0 Å². The van der Waals surface area contributed by atoms with Crippen LogP contribution in [-0.4, -0.2) is 15.9 Å². The molecular weight excluding hydrogens is 280 g/mol. The molecule has 0 saturated carbocycles. The Morgan fingerprint density at radius 1 is 1.14 bits per heavy atom. The highest BCUT2D eigenvalue weighted by Crippen LogP contribution is 2.08. The molecule has 0 spiro atoms. The van der Waals surface area contributed by atoms with E-state index in [1.165, 1.54) is 0 Å². The molecule has 0 bridgehead atoms. The average Bonchev–Trinajstić information content (AvgIpc) is 2.53. The predicted molar refractivity (Wildman–Crippen MR) is 82.7 cm³/mol. The van der Waals surface area contributed by atoms with E-state index in [1.807, 2.05) is 19.1 Å². The minimum atomic E-state index is -0.448. The lowest BCUT2D eigenvalue weighted by Crippen LogP contribution is -2.14. The zero-order chi connectivity index (χ0) is 15.5. The van der Waals surface area contributed by atoms with E-state index in [9.17, 15) is 9.59 Å². The molecular formula is C17H14N2O3. The number of aromatic nitrogens is 2. The van der Waals surface area contributed by atoms with Gasteiger partial charge in [0.25, 0.3) is 5.56 Å². The maximum atomic E-state index is 11.9. The van der Waals surface area contributed by atoms with Crippen molar-refractivity contribution in [2.45, 2.75) is 13.5 Å². The van der Waals surface area contributed by atoms with E-state index in [0.717, 1.165) is 5.56 Å². The average molecular weight is 294 g/mol. The first-order chi connectivity index (χ1) is 10.6. The molecule has 0 aliphatic heterocycles. The van der Waals surface area contributed by atoms with Crippen molar-refractivity contribution < 1.29 is 9.53 Å². The van der Waals surface area contributed by atoms with E-state index in [2.05, 4.69) is 9.97 Å². The van der Waals surface area contributed by atoms with E-state index in [0.29, 0.717) is 22.3 Å². The fourth-order valence-corrected chi connectivity index (χ4v) is 2.11. The van der Waals surface area contributed by atoms with Crippen molar-refractivity contribution in [2.75, 3.05) is 0 Å². The molecule has 5 heteroatoms. The van der Waals surface area contributed by atoms with E-state index < -0.39 is 5.97 Å². The number of benzene rings is 2. The number of carbonyl (C=O) groups is 1. The monoisotopic (exact) mass is 294 g/mol. The van der Waals surface area contributed by atoms with Crippen LogP contribution in [0.5, 0.6) is 0 Å². The fraction of sp³-hybridized carbons (Fsp3) is 0.118. The van der Waals surface area contributed by atoms with Crippen molar-refractivity contribution in [3.8, 4) is 0 Å². The van der Waals surface area contributed by atoms with Crippen LogP contribution >= 0.6 is 0 Å². The van der Waals surface area contributed by atoms with Gasteiger partial charge < -0.3 is 9.72 Å². The molecule has 1 aromatic heterocycles. The van der Waals surface area contributed by atoms with Crippen molar-refractivity contribution in [2.24, 2.45) is 0 Å². The normalized spacial score (nSPS) is 10.6. The van der Waals surface area contributed by atoms with Gasteiger partial charge in [0.05, 0.1) is 16.5 Å². The van der Waals surface area contributed by atoms with Crippen LogP contribution in [-0.2, 0) is 11.3 Å². The summed E-state index contributed by atoms with van der Waals surface area (Å²) in [7, 11) is 0. The van der Waals surface area contributed by atoms with Gasteiger partial charge in [0.2, 0.25) is 0 Å². The van der Waals surface area contributed by atoms with Crippen LogP contribution in [0.15, 0.2) is 53.3 Å². The molecule has 0 amide bonds. The van der Waals surface area contributed by atoms with Crippen LogP contribution in [0, 0.1) is 6.92 Å². The number of aromatic amines is 1. The Kier molecular flexibility index (Phi) is 3.70. The first-order valence-electron chi connectivity index (χ1n) is 6.85. The summed E-state index contributed by atoms with van der Waals surface area (Å²) in [5, 5.41) is 0.510. The molecule has 110 valence electrons. The summed E-state index contributed by atoms with van der Waals surface area (Å²) in [6, 6.07) is 14.1. The number of rotatable bonds is 3. The highest BCUT2D eigenvalue weighted by molar-refractivity contribution is 5.89. The van der Waals surface area contributed by atoms with Crippen molar-refractivity contribution in [1.29, 1.82) is 0 Å². The molecule has 0 fully saturated rings. The SMILES string of the molecule is Cc1ccc(C(=O)OCc2nc3ccccc3c(=O)[nH]2)cc1. The summed E-state index contributed by atoms with van der Waals surface area (Å²) in [5.74, 6) is -0.125. The van der Waals surface area contributed by atoms with Gasteiger partial charge >= 0.3 is 5.97 Å². The van der Waals surface area contributed by atoms with Gasteiger partial charge in [0, 0.05) is 0 Å². The third kappa shape index (κ3) is 2.88. The number of nitrogens with one attached hydrogen (secondary N) is 1. The molecule has 0 aliphatic rings. The molecule has 22 heavy (non-hydrogen) atoms. The zero-order valence-electron chi connectivity index (χ0n) is 12.0. The highest BCUT2D eigenvalue weighted by Gasteiger charge is 2.09. The third-order valence-corrected chi connectivity index (χ3v) is 3.29. The number of nitrogens with zero attached hydrogens (tertiary/aromatic N) is 1. The Morgan fingerprint density at radius 3 is 2.64 bits per heavy atom. The Labute approximate surface area is 126 Å². The van der Waals surface area contributed by atoms with Crippen LogP contribution in [0.4, 0.5) is 0 Å². The van der Waals surface area contributed by atoms with Crippen LogP contribution in [0.2, 0.25) is 0 Å². The summed E-state index contributed by atoms with van der Waals surface area (Å²) in [6.45, 7) is 1.87. The van der Waals surface area contributed by atoms with Crippen LogP contribution in [0.1, 0.15) is 21.7 Å². The number of carbonyl (C=O) groups excluding carboxylic acids is 1. The number of aryl methyl sites for hydroxylation is 1. The zero-order valence-corrected chi connectivity index (χ0v) is 12.0. The topological polar surface area (TPSA) is 72.0 Å². The van der Waals surface area contributed by atoms with Gasteiger partial charge in [-0.05, 0) is 31.2 Å². The number of fused-ring (bicyclic) bond motifs is 1. The molecule has 1 N–H and O–H groups in total. The Balaban J connectivity index is 1.77. The molecule has 0 aliphatic carbocycles. The first-order valence-corrected chi connectivity index (χ1v) is 6.85. The number of H-pyrrole nitrogens is 1. The smallest absolute Gasteiger partial charge is 0.338 e. The number of hydrogen-bond acceptors (Lipinski definition) is 4. The van der Waals surface area contributed by atoms with E-state index in [1.54, 1.807) is 36.4 Å². The summed E-state index contributed by atoms with van der Waals surface area (Å²) in [6.07, 6.45) is 0. The minimum absolute atomic E-state index is 0.0766. The Bertz CT molecular complexity index is 882. The lowest BCUT2D eigenvalue weighted by molar-refractivity contribution is 0.0462. The summed E-state index contributed by atoms with van der Waals surface area (Å²) < 4.78 is 5.19. The second-order valence-electron chi connectivity index (χ2n) is 4.97. The number of hydrogen-bond donors (Lipinski definition) is 1. The predicted octanol–water partition coefficient (Wildman–Crippen LogP) is 2.59. The fourth-order valence-electron chi connectivity index (χ4n) is 2.11. The molecule has 0 unspecified atom stereocenters. The van der Waals surface area contributed by atoms with E-state index in [4.69, 9.17) is 4.74 Å². The van der Waals surface area contributed by atoms with Crippen molar-refractivity contribution >= 4 is 16.9 Å². The molecule has 3 aromatic rings. The molecule has 0 saturated heterocycles. The van der Waals surface area contributed by atoms with Gasteiger partial charge in [0.15, 0.2) is 0 Å². The molecule has 5 nitrogen and oxygen atoms in total.